The van der Waals surface area contributed by atoms with Crippen molar-refractivity contribution >= 4 is 0 Å². The maximum Gasteiger partial charge on any atom is 0.0326 e. The van der Waals surface area contributed by atoms with Crippen LogP contribution in [0.3, 0.4) is 0 Å². The molecule has 1 aliphatic carbocycles. The van der Waals surface area contributed by atoms with Gasteiger partial charge in [0.2, 0.25) is 0 Å². The quantitative estimate of drug-likeness (QED) is 0.814. The topological polar surface area (TPSA) is 26.0 Å². The van der Waals surface area contributed by atoms with E-state index in [2.05, 4.69) is 45.9 Å². The van der Waals surface area contributed by atoms with Crippen LogP contribution < -0.4 is 5.73 Å². The summed E-state index contributed by atoms with van der Waals surface area (Å²) in [5.41, 5.74) is 11.2. The molecule has 2 N–H and O–H groups in total. The first-order valence-corrected chi connectivity index (χ1v) is 7.22. The summed E-state index contributed by atoms with van der Waals surface area (Å²) in [6, 6.07) is 6.76. The molecule has 0 aliphatic heterocycles. The first-order valence-electron chi connectivity index (χ1n) is 7.22. The van der Waals surface area contributed by atoms with Crippen molar-refractivity contribution in [2.24, 2.45) is 17.1 Å². The summed E-state index contributed by atoms with van der Waals surface area (Å²) in [5.74, 6) is 0.665. The molecule has 0 aromatic heterocycles. The van der Waals surface area contributed by atoms with Gasteiger partial charge >= 0.3 is 0 Å². The van der Waals surface area contributed by atoms with E-state index in [-0.39, 0.29) is 6.04 Å². The second kappa shape index (κ2) is 5.05. The monoisotopic (exact) mass is 245 g/mol. The molecule has 0 spiro atoms. The molecular weight excluding hydrogens is 218 g/mol. The minimum absolute atomic E-state index is 0.223. The zero-order valence-corrected chi connectivity index (χ0v) is 12.3. The summed E-state index contributed by atoms with van der Waals surface area (Å²) in [6.07, 6.45) is 5.19. The van der Waals surface area contributed by atoms with Gasteiger partial charge in [0.25, 0.3) is 0 Å². The van der Waals surface area contributed by atoms with Gasteiger partial charge in [-0.15, -0.1) is 0 Å². The summed E-state index contributed by atoms with van der Waals surface area (Å²) in [4.78, 5) is 0. The van der Waals surface area contributed by atoms with E-state index in [1.807, 2.05) is 0 Å². The maximum absolute atomic E-state index is 6.53. The summed E-state index contributed by atoms with van der Waals surface area (Å²) >= 11 is 0. The third-order valence-electron chi connectivity index (χ3n) is 4.90. The van der Waals surface area contributed by atoms with Gasteiger partial charge in [0.05, 0.1) is 0 Å². The first-order chi connectivity index (χ1) is 8.41. The van der Waals surface area contributed by atoms with E-state index in [0.717, 1.165) is 0 Å². The van der Waals surface area contributed by atoms with Crippen molar-refractivity contribution in [2.45, 2.75) is 59.4 Å². The molecule has 0 radical (unpaired) electrons. The Bertz CT molecular complexity index is 410. The fourth-order valence-corrected chi connectivity index (χ4v) is 3.17. The van der Waals surface area contributed by atoms with Crippen molar-refractivity contribution in [1.82, 2.24) is 0 Å². The van der Waals surface area contributed by atoms with Crippen LogP contribution >= 0.6 is 0 Å². The lowest BCUT2D eigenvalue weighted by Gasteiger charge is -2.37. The Balaban J connectivity index is 2.12. The molecule has 1 aromatic carbocycles. The van der Waals surface area contributed by atoms with Crippen LogP contribution in [0, 0.1) is 25.2 Å². The molecule has 1 atom stereocenters. The minimum Gasteiger partial charge on any atom is -0.324 e. The Labute approximate surface area is 112 Å². The van der Waals surface area contributed by atoms with Crippen LogP contribution in [-0.4, -0.2) is 0 Å². The SMILES string of the molecule is Cc1cccc(C(N)C2CCC(C)(C)CC2)c1C. The van der Waals surface area contributed by atoms with Crippen molar-refractivity contribution < 1.29 is 0 Å². The van der Waals surface area contributed by atoms with Gasteiger partial charge in [0.1, 0.15) is 0 Å². The Kier molecular flexibility index (Phi) is 3.82. The molecule has 0 saturated heterocycles. The number of nitrogens with two attached hydrogens (primary N) is 1. The van der Waals surface area contributed by atoms with Gasteiger partial charge in [0, 0.05) is 6.04 Å². The van der Waals surface area contributed by atoms with Crippen LogP contribution in [0.1, 0.15) is 62.3 Å². The number of rotatable bonds is 2. The van der Waals surface area contributed by atoms with E-state index in [4.69, 9.17) is 5.73 Å². The highest BCUT2D eigenvalue weighted by Crippen LogP contribution is 2.42. The molecule has 2 rings (SSSR count). The molecule has 1 aliphatic rings. The van der Waals surface area contributed by atoms with E-state index in [1.165, 1.54) is 42.4 Å². The number of hydrogen-bond acceptors (Lipinski definition) is 1. The first kappa shape index (κ1) is 13.6. The van der Waals surface area contributed by atoms with E-state index in [0.29, 0.717) is 11.3 Å². The average Bonchev–Trinajstić information content (AvgIpc) is 2.32. The van der Waals surface area contributed by atoms with Crippen LogP contribution in [0.2, 0.25) is 0 Å². The summed E-state index contributed by atoms with van der Waals surface area (Å²) in [7, 11) is 0. The Morgan fingerprint density at radius 3 is 2.39 bits per heavy atom. The van der Waals surface area contributed by atoms with Gasteiger partial charge < -0.3 is 5.73 Å². The van der Waals surface area contributed by atoms with Gasteiger partial charge in [0.15, 0.2) is 0 Å². The van der Waals surface area contributed by atoms with Crippen molar-refractivity contribution in [3.63, 3.8) is 0 Å². The summed E-state index contributed by atoms with van der Waals surface area (Å²) < 4.78 is 0. The third-order valence-corrected chi connectivity index (χ3v) is 4.90. The number of hydrogen-bond donors (Lipinski definition) is 1. The molecule has 100 valence electrons. The van der Waals surface area contributed by atoms with Crippen LogP contribution in [0.15, 0.2) is 18.2 Å². The molecule has 1 saturated carbocycles. The molecule has 1 heteroatoms. The zero-order chi connectivity index (χ0) is 13.3. The Morgan fingerprint density at radius 2 is 1.78 bits per heavy atom. The number of benzene rings is 1. The van der Waals surface area contributed by atoms with Gasteiger partial charge in [-0.2, -0.15) is 0 Å². The van der Waals surface area contributed by atoms with Crippen LogP contribution in [0.25, 0.3) is 0 Å². The van der Waals surface area contributed by atoms with Crippen molar-refractivity contribution in [2.75, 3.05) is 0 Å². The largest absolute Gasteiger partial charge is 0.324 e. The van der Waals surface area contributed by atoms with Crippen molar-refractivity contribution in [1.29, 1.82) is 0 Å². The lowest BCUT2D eigenvalue weighted by molar-refractivity contribution is 0.173. The normalized spacial score (nSPS) is 21.8. The highest BCUT2D eigenvalue weighted by Gasteiger charge is 2.30. The van der Waals surface area contributed by atoms with Gasteiger partial charge in [-0.1, -0.05) is 32.0 Å². The molecular formula is C17H27N. The highest BCUT2D eigenvalue weighted by atomic mass is 14.7. The number of aryl methyl sites for hydroxylation is 1. The zero-order valence-electron chi connectivity index (χ0n) is 12.3. The highest BCUT2D eigenvalue weighted by molar-refractivity contribution is 5.35. The lowest BCUT2D eigenvalue weighted by atomic mass is 9.70. The predicted octanol–water partition coefficient (Wildman–Crippen LogP) is 4.52. The van der Waals surface area contributed by atoms with E-state index in [9.17, 15) is 0 Å². The van der Waals surface area contributed by atoms with E-state index in [1.54, 1.807) is 0 Å². The summed E-state index contributed by atoms with van der Waals surface area (Å²) in [6.45, 7) is 9.14. The van der Waals surface area contributed by atoms with Crippen molar-refractivity contribution in [3.8, 4) is 0 Å². The smallest absolute Gasteiger partial charge is 0.0326 e. The standard InChI is InChI=1S/C17H27N/c1-12-6-5-7-15(13(12)2)16(18)14-8-10-17(3,4)11-9-14/h5-7,14,16H,8-11,18H2,1-4H3. The van der Waals surface area contributed by atoms with E-state index < -0.39 is 0 Å². The van der Waals surface area contributed by atoms with Gasteiger partial charge in [-0.3, -0.25) is 0 Å². The van der Waals surface area contributed by atoms with Crippen LogP contribution in [-0.2, 0) is 0 Å². The second-order valence-corrected chi connectivity index (χ2v) is 6.82. The Morgan fingerprint density at radius 1 is 1.17 bits per heavy atom. The molecule has 1 nitrogen and oxygen atoms in total. The molecule has 18 heavy (non-hydrogen) atoms. The molecule has 1 unspecified atom stereocenters. The average molecular weight is 245 g/mol. The van der Waals surface area contributed by atoms with Crippen LogP contribution in [0.4, 0.5) is 0 Å². The summed E-state index contributed by atoms with van der Waals surface area (Å²) in [5, 5.41) is 0. The third kappa shape index (κ3) is 2.77. The molecule has 0 amide bonds. The second-order valence-electron chi connectivity index (χ2n) is 6.82. The molecule has 0 bridgehead atoms. The van der Waals surface area contributed by atoms with Crippen LogP contribution in [0.5, 0.6) is 0 Å². The van der Waals surface area contributed by atoms with Gasteiger partial charge in [-0.05, 0) is 67.6 Å². The predicted molar refractivity (Wildman–Crippen MR) is 78.6 cm³/mol. The molecule has 0 heterocycles. The maximum atomic E-state index is 6.53. The van der Waals surface area contributed by atoms with E-state index >= 15 is 0 Å². The fraction of sp³-hybridized carbons (Fsp3) is 0.647. The van der Waals surface area contributed by atoms with Crippen molar-refractivity contribution in [3.05, 3.63) is 34.9 Å². The fourth-order valence-electron chi connectivity index (χ4n) is 3.17. The lowest BCUT2D eigenvalue weighted by Crippen LogP contribution is -2.29. The Hall–Kier alpha value is -0.820. The minimum atomic E-state index is 0.223. The molecule has 1 fully saturated rings. The van der Waals surface area contributed by atoms with Gasteiger partial charge in [-0.25, -0.2) is 0 Å². The molecule has 1 aromatic rings.